The van der Waals surface area contributed by atoms with E-state index in [9.17, 15) is 13.8 Å². The third-order valence-electron chi connectivity index (χ3n) is 7.41. The number of nitrogens with zero attached hydrogens (tertiary/aromatic N) is 3. The van der Waals surface area contributed by atoms with E-state index in [4.69, 9.17) is 20.3 Å². The zero-order valence-electron chi connectivity index (χ0n) is 22.6. The number of ether oxygens (including phenoxy) is 1. The molecule has 1 aliphatic carbocycles. The average Bonchev–Trinajstić information content (AvgIpc) is 2.84. The molecule has 2 atom stereocenters. The molecule has 2 aromatic rings. The van der Waals surface area contributed by atoms with E-state index < -0.39 is 32.7 Å². The van der Waals surface area contributed by atoms with Crippen molar-refractivity contribution in [2.24, 2.45) is 23.4 Å². The highest BCUT2D eigenvalue weighted by molar-refractivity contribution is 7.84. The molecule has 2 bridgehead atoms. The maximum Gasteiger partial charge on any atom is 0.343 e. The van der Waals surface area contributed by atoms with E-state index in [0.29, 0.717) is 42.4 Å². The monoisotopic (exact) mass is 531 g/mol. The van der Waals surface area contributed by atoms with E-state index in [0.717, 1.165) is 11.1 Å². The first-order valence-corrected chi connectivity index (χ1v) is 13.7. The Balaban J connectivity index is 1.73. The van der Waals surface area contributed by atoms with Gasteiger partial charge in [0.1, 0.15) is 17.3 Å². The molecule has 3 aliphatic rings. The van der Waals surface area contributed by atoms with Gasteiger partial charge in [-0.1, -0.05) is 11.2 Å². The van der Waals surface area contributed by atoms with Crippen molar-refractivity contribution >= 4 is 33.7 Å². The van der Waals surface area contributed by atoms with Crippen LogP contribution in [0.15, 0.2) is 22.1 Å². The Morgan fingerprint density at radius 3 is 2.49 bits per heavy atom. The molecule has 1 aromatic heterocycles. The molecule has 2 aliphatic heterocycles. The number of aromatic nitrogens is 2. The van der Waals surface area contributed by atoms with Crippen molar-refractivity contribution in [3.8, 4) is 0 Å². The number of nitrogens with two attached hydrogens (primary N) is 1. The van der Waals surface area contributed by atoms with Crippen molar-refractivity contribution in [3.05, 3.63) is 39.4 Å². The third-order valence-corrected chi connectivity index (χ3v) is 9.09. The highest BCUT2D eigenvalue weighted by Gasteiger charge is 2.57. The lowest BCUT2D eigenvalue weighted by molar-refractivity contribution is -0.212. The van der Waals surface area contributed by atoms with Crippen molar-refractivity contribution in [3.63, 3.8) is 0 Å². The second-order valence-electron chi connectivity index (χ2n) is 11.4. The van der Waals surface area contributed by atoms with Crippen LogP contribution in [-0.2, 0) is 38.0 Å². The van der Waals surface area contributed by atoms with Crippen LogP contribution in [0.25, 0.3) is 10.9 Å². The minimum atomic E-state index is -1.30. The Morgan fingerprint density at radius 1 is 1.30 bits per heavy atom. The standard InChI is InChI=1S/C26H37N5O5S/c1-15-12-18(16(2)30-37(34)24(4,5)6)20-19(13-15)21(32)31(7)22(28-20)26-10-8-25(9-11-26,14-35-26)23(33)36-29-17(3)27/h12-13,16,30H,8-11,14H2,1-7H3,(H2,27,29)/t16-,25?,26?,37-/m1/s1. The molecule has 202 valence electrons. The van der Waals surface area contributed by atoms with E-state index in [1.54, 1.807) is 18.5 Å². The van der Waals surface area contributed by atoms with E-state index in [2.05, 4.69) is 9.88 Å². The summed E-state index contributed by atoms with van der Waals surface area (Å²) in [6, 6.07) is 3.52. The van der Waals surface area contributed by atoms with Gasteiger partial charge in [-0.3, -0.25) is 9.36 Å². The lowest BCUT2D eigenvalue weighted by Crippen LogP contribution is -2.54. The zero-order valence-corrected chi connectivity index (χ0v) is 23.5. The van der Waals surface area contributed by atoms with Gasteiger partial charge < -0.3 is 15.3 Å². The molecule has 0 amide bonds. The van der Waals surface area contributed by atoms with Gasteiger partial charge in [0.2, 0.25) is 0 Å². The van der Waals surface area contributed by atoms with E-state index in [-0.39, 0.29) is 24.0 Å². The van der Waals surface area contributed by atoms with Crippen LogP contribution in [0.1, 0.15) is 83.3 Å². The molecule has 1 aromatic carbocycles. The number of aryl methyl sites for hydroxylation is 1. The fourth-order valence-corrected chi connectivity index (χ4v) is 5.95. The van der Waals surface area contributed by atoms with Gasteiger partial charge in [0.25, 0.3) is 5.56 Å². The molecule has 3 N–H and O–H groups in total. The van der Waals surface area contributed by atoms with Crippen LogP contribution in [-0.4, -0.2) is 36.9 Å². The second kappa shape index (κ2) is 9.59. The Kier molecular flexibility index (Phi) is 7.11. The summed E-state index contributed by atoms with van der Waals surface area (Å²) in [6.07, 6.45) is 2.09. The largest absolute Gasteiger partial charge is 0.385 e. The Morgan fingerprint density at radius 2 is 1.95 bits per heavy atom. The van der Waals surface area contributed by atoms with Crippen LogP contribution in [0.3, 0.4) is 0 Å². The number of fused-ring (bicyclic) bond motifs is 4. The predicted octanol–water partition coefficient (Wildman–Crippen LogP) is 2.98. The van der Waals surface area contributed by atoms with Crippen LogP contribution in [0.4, 0.5) is 0 Å². The number of carbonyl (C=O) groups is 1. The first-order chi connectivity index (χ1) is 17.2. The maximum atomic E-state index is 13.6. The summed E-state index contributed by atoms with van der Waals surface area (Å²) in [5.41, 5.74) is 6.07. The average molecular weight is 532 g/mol. The summed E-state index contributed by atoms with van der Waals surface area (Å²) in [6.45, 7) is 11.3. The van der Waals surface area contributed by atoms with E-state index in [1.165, 1.54) is 0 Å². The van der Waals surface area contributed by atoms with Gasteiger partial charge in [0.15, 0.2) is 0 Å². The number of rotatable bonds is 6. The molecule has 5 rings (SSSR count). The van der Waals surface area contributed by atoms with Gasteiger partial charge in [-0.25, -0.2) is 18.7 Å². The van der Waals surface area contributed by atoms with Crippen LogP contribution in [0, 0.1) is 12.3 Å². The molecular formula is C26H37N5O5S. The predicted molar refractivity (Wildman–Crippen MR) is 143 cm³/mol. The number of oxime groups is 1. The van der Waals surface area contributed by atoms with Crippen molar-refractivity contribution in [1.82, 2.24) is 14.3 Å². The van der Waals surface area contributed by atoms with Crippen LogP contribution in [0.5, 0.6) is 0 Å². The van der Waals surface area contributed by atoms with E-state index >= 15 is 0 Å². The summed E-state index contributed by atoms with van der Waals surface area (Å²) in [5, 5.41) is 4.12. The van der Waals surface area contributed by atoms with Gasteiger partial charge >= 0.3 is 5.97 Å². The van der Waals surface area contributed by atoms with Crippen LogP contribution in [0.2, 0.25) is 0 Å². The summed E-state index contributed by atoms with van der Waals surface area (Å²) in [4.78, 5) is 36.4. The van der Waals surface area contributed by atoms with Gasteiger partial charge in [-0.15, -0.1) is 0 Å². The smallest absolute Gasteiger partial charge is 0.343 e. The molecule has 0 radical (unpaired) electrons. The highest BCUT2D eigenvalue weighted by atomic mass is 32.2. The SMILES string of the molecule is C/C(N)=N/OC(=O)C12CCC(c3nc4c([C@@H](C)N[S@](=O)C(C)(C)C)cc(C)cc4c(=O)n3C)(CC1)OC2. The molecular weight excluding hydrogens is 494 g/mol. The summed E-state index contributed by atoms with van der Waals surface area (Å²) in [5.74, 6) is 0.260. The first kappa shape index (κ1) is 27.4. The quantitative estimate of drug-likeness (QED) is 0.253. The lowest BCUT2D eigenvalue weighted by atomic mass is 9.65. The van der Waals surface area contributed by atoms with Crippen molar-refractivity contribution in [1.29, 1.82) is 0 Å². The topological polar surface area (TPSA) is 138 Å². The molecule has 0 unspecified atom stereocenters. The van der Waals surface area contributed by atoms with Gasteiger partial charge in [-0.05, 0) is 84.4 Å². The molecule has 11 heteroatoms. The van der Waals surface area contributed by atoms with E-state index in [1.807, 2.05) is 46.8 Å². The molecule has 3 heterocycles. The molecule has 3 fully saturated rings. The number of hydrogen-bond donors (Lipinski definition) is 2. The number of benzene rings is 1. The minimum absolute atomic E-state index is 0.155. The molecule has 37 heavy (non-hydrogen) atoms. The third kappa shape index (κ3) is 4.96. The number of amidine groups is 1. The first-order valence-electron chi connectivity index (χ1n) is 12.5. The Labute approximate surface area is 219 Å². The summed E-state index contributed by atoms with van der Waals surface area (Å²) < 4.78 is 23.5. The number of hydrogen-bond acceptors (Lipinski definition) is 7. The lowest BCUT2D eigenvalue weighted by Gasteiger charge is -2.50. The molecule has 10 nitrogen and oxygen atoms in total. The molecule has 0 spiro atoms. The zero-order chi connectivity index (χ0) is 27.3. The van der Waals surface area contributed by atoms with Crippen molar-refractivity contribution in [2.45, 2.75) is 83.6 Å². The van der Waals surface area contributed by atoms with Crippen LogP contribution >= 0.6 is 0 Å². The Hall–Kier alpha value is -2.63. The highest BCUT2D eigenvalue weighted by Crippen LogP contribution is 2.53. The summed E-state index contributed by atoms with van der Waals surface area (Å²) >= 11 is 0. The fourth-order valence-electron chi connectivity index (χ4n) is 5.15. The van der Waals surface area contributed by atoms with Crippen molar-refractivity contribution < 1.29 is 18.6 Å². The molecule has 1 saturated carbocycles. The van der Waals surface area contributed by atoms with Gasteiger partial charge in [0, 0.05) is 13.1 Å². The van der Waals surface area contributed by atoms with Gasteiger partial charge in [-0.2, -0.15) is 0 Å². The number of nitrogens with one attached hydrogen (secondary N) is 1. The van der Waals surface area contributed by atoms with Gasteiger partial charge in [0.05, 0.1) is 38.7 Å². The second-order valence-corrected chi connectivity index (χ2v) is 13.4. The normalized spacial score (nSPS) is 25.8. The van der Waals surface area contributed by atoms with Crippen LogP contribution < -0.4 is 16.0 Å². The Bertz CT molecular complexity index is 1330. The summed E-state index contributed by atoms with van der Waals surface area (Å²) in [7, 11) is 0.411. The number of carbonyl (C=O) groups excluding carboxylic acids is 1. The maximum absolute atomic E-state index is 13.6. The minimum Gasteiger partial charge on any atom is -0.385 e. The molecule has 2 saturated heterocycles. The fraction of sp³-hybridized carbons (Fsp3) is 0.615. The van der Waals surface area contributed by atoms with Crippen molar-refractivity contribution in [2.75, 3.05) is 6.61 Å².